The van der Waals surface area contributed by atoms with Crippen LogP contribution in [0, 0.1) is 6.92 Å². The van der Waals surface area contributed by atoms with Crippen LogP contribution in [-0.2, 0) is 32.6 Å². The highest BCUT2D eigenvalue weighted by molar-refractivity contribution is 7.92. The number of carbonyl (C=O) groups excluding carboxylic acids is 2. The maximum Gasteiger partial charge on any atom is 0.243 e. The number of benzene rings is 3. The Hall–Kier alpha value is -2.78. The Bertz CT molecular complexity index is 1560. The maximum atomic E-state index is 14.1. The lowest BCUT2D eigenvalue weighted by Gasteiger charge is -2.33. The fourth-order valence-corrected chi connectivity index (χ4v) is 7.26. The second kappa shape index (κ2) is 15.5. The molecule has 1 N–H and O–H groups in total. The molecule has 1 aliphatic rings. The standard InChI is InChI=1S/C33H38Cl3N3O4S/c1-23-28(35)14-8-15-30(23)39(44(2,42)43)19-9-16-32(40)38(22-25-17-18-26(34)21-29(25)36)31(20-24-10-4-3-5-11-24)33(41)37-27-12-6-7-13-27/h3-5,8,10-11,14-15,17-18,21,27,31H,6-7,9,12-13,16,19-20,22H2,1-2H3,(H,37,41)/t31-/m1/s1. The van der Waals surface area contributed by atoms with Gasteiger partial charge in [-0.2, -0.15) is 0 Å². The van der Waals surface area contributed by atoms with Crippen LogP contribution in [0.1, 0.15) is 55.2 Å². The van der Waals surface area contributed by atoms with Crippen LogP contribution in [0.2, 0.25) is 15.1 Å². The zero-order valence-electron chi connectivity index (χ0n) is 24.9. The zero-order chi connectivity index (χ0) is 31.9. The molecular weight excluding hydrogens is 641 g/mol. The van der Waals surface area contributed by atoms with E-state index in [1.165, 1.54) is 4.31 Å². The van der Waals surface area contributed by atoms with Crippen molar-refractivity contribution in [2.75, 3.05) is 17.1 Å². The monoisotopic (exact) mass is 677 g/mol. The predicted octanol–water partition coefficient (Wildman–Crippen LogP) is 7.20. The molecule has 3 aromatic carbocycles. The molecule has 44 heavy (non-hydrogen) atoms. The Morgan fingerprint density at radius 2 is 1.66 bits per heavy atom. The molecule has 0 spiro atoms. The molecule has 7 nitrogen and oxygen atoms in total. The van der Waals surface area contributed by atoms with Gasteiger partial charge in [-0.3, -0.25) is 13.9 Å². The van der Waals surface area contributed by atoms with Crippen LogP contribution in [0.25, 0.3) is 0 Å². The first kappa shape index (κ1) is 34.1. The Morgan fingerprint density at radius 3 is 2.32 bits per heavy atom. The molecule has 1 saturated carbocycles. The lowest BCUT2D eigenvalue weighted by Crippen LogP contribution is -2.52. The van der Waals surface area contributed by atoms with Gasteiger partial charge in [0.2, 0.25) is 21.8 Å². The molecule has 3 aromatic rings. The molecule has 2 amide bonds. The summed E-state index contributed by atoms with van der Waals surface area (Å²) in [6.07, 6.45) is 5.61. The van der Waals surface area contributed by atoms with Crippen molar-refractivity contribution in [2.24, 2.45) is 0 Å². The molecule has 0 aliphatic heterocycles. The predicted molar refractivity (Wildman–Crippen MR) is 179 cm³/mol. The molecule has 0 saturated heterocycles. The van der Waals surface area contributed by atoms with Crippen LogP contribution >= 0.6 is 34.8 Å². The molecule has 1 atom stereocenters. The number of anilines is 1. The van der Waals surface area contributed by atoms with Gasteiger partial charge in [0.15, 0.2) is 0 Å². The van der Waals surface area contributed by atoms with Crippen LogP contribution in [0.4, 0.5) is 5.69 Å². The number of hydrogen-bond donors (Lipinski definition) is 1. The number of rotatable bonds is 13. The quantitative estimate of drug-likeness (QED) is 0.207. The lowest BCUT2D eigenvalue weighted by molar-refractivity contribution is -0.141. The second-order valence-electron chi connectivity index (χ2n) is 11.3. The summed E-state index contributed by atoms with van der Waals surface area (Å²) in [4.78, 5) is 29.5. The molecule has 0 bridgehead atoms. The van der Waals surface area contributed by atoms with E-state index in [2.05, 4.69) is 5.32 Å². The van der Waals surface area contributed by atoms with Gasteiger partial charge in [0.25, 0.3) is 0 Å². The van der Waals surface area contributed by atoms with E-state index in [9.17, 15) is 18.0 Å². The molecule has 4 rings (SSSR count). The largest absolute Gasteiger partial charge is 0.352 e. The second-order valence-corrected chi connectivity index (χ2v) is 14.4. The highest BCUT2D eigenvalue weighted by Crippen LogP contribution is 2.29. The van der Waals surface area contributed by atoms with Crippen molar-refractivity contribution in [3.05, 3.63) is 98.5 Å². The van der Waals surface area contributed by atoms with Crippen LogP contribution in [0.5, 0.6) is 0 Å². The Balaban J connectivity index is 1.62. The van der Waals surface area contributed by atoms with Crippen molar-refractivity contribution in [2.45, 2.75) is 70.5 Å². The SMILES string of the molecule is Cc1c(Cl)cccc1N(CCCC(=O)N(Cc1ccc(Cl)cc1Cl)[C@H](Cc1ccccc1)C(=O)NC1CCCC1)S(C)(=O)=O. The highest BCUT2D eigenvalue weighted by Gasteiger charge is 2.32. The van der Waals surface area contributed by atoms with E-state index in [0.717, 1.165) is 37.5 Å². The van der Waals surface area contributed by atoms with Gasteiger partial charge < -0.3 is 10.2 Å². The normalized spacial score (nSPS) is 14.3. The van der Waals surface area contributed by atoms with E-state index < -0.39 is 16.1 Å². The fraction of sp³-hybridized carbons (Fsp3) is 0.394. The number of carbonyl (C=O) groups is 2. The third-order valence-electron chi connectivity index (χ3n) is 7.99. The Morgan fingerprint density at radius 1 is 0.955 bits per heavy atom. The van der Waals surface area contributed by atoms with Gasteiger partial charge in [-0.1, -0.05) is 90.1 Å². The third kappa shape index (κ3) is 9.13. The summed E-state index contributed by atoms with van der Waals surface area (Å²) >= 11 is 19.0. The Kier molecular flexibility index (Phi) is 12.0. The molecule has 0 unspecified atom stereocenters. The first-order valence-electron chi connectivity index (χ1n) is 14.7. The number of nitrogens with one attached hydrogen (secondary N) is 1. The summed E-state index contributed by atoms with van der Waals surface area (Å²) in [6.45, 7) is 1.92. The van der Waals surface area contributed by atoms with E-state index in [4.69, 9.17) is 34.8 Å². The minimum atomic E-state index is -3.66. The molecule has 1 fully saturated rings. The molecule has 0 heterocycles. The van der Waals surface area contributed by atoms with Crippen molar-refractivity contribution < 1.29 is 18.0 Å². The molecule has 236 valence electrons. The fourth-order valence-electron chi connectivity index (χ4n) is 5.60. The zero-order valence-corrected chi connectivity index (χ0v) is 28.0. The minimum absolute atomic E-state index is 0.0127. The van der Waals surface area contributed by atoms with Crippen molar-refractivity contribution in [1.29, 1.82) is 0 Å². The van der Waals surface area contributed by atoms with Gasteiger partial charge in [0, 0.05) is 47.0 Å². The summed E-state index contributed by atoms with van der Waals surface area (Å²) in [6, 6.07) is 19.0. The average Bonchev–Trinajstić information content (AvgIpc) is 3.48. The highest BCUT2D eigenvalue weighted by atomic mass is 35.5. The maximum absolute atomic E-state index is 14.1. The van der Waals surface area contributed by atoms with Gasteiger partial charge in [0.1, 0.15) is 6.04 Å². The van der Waals surface area contributed by atoms with E-state index in [-0.39, 0.29) is 43.8 Å². The molecule has 0 radical (unpaired) electrons. The summed E-state index contributed by atoms with van der Waals surface area (Å²) in [5.74, 6) is -0.499. The van der Waals surface area contributed by atoms with E-state index >= 15 is 0 Å². The van der Waals surface area contributed by atoms with Gasteiger partial charge in [-0.15, -0.1) is 0 Å². The van der Waals surface area contributed by atoms with Gasteiger partial charge >= 0.3 is 0 Å². The van der Waals surface area contributed by atoms with E-state index in [1.807, 2.05) is 30.3 Å². The molecular formula is C33H38Cl3N3O4S. The van der Waals surface area contributed by atoms with Gasteiger partial charge in [0.05, 0.1) is 11.9 Å². The lowest BCUT2D eigenvalue weighted by atomic mass is 10.0. The average molecular weight is 679 g/mol. The van der Waals surface area contributed by atoms with Crippen molar-refractivity contribution in [3.8, 4) is 0 Å². The Labute approximate surface area is 275 Å². The van der Waals surface area contributed by atoms with Crippen molar-refractivity contribution in [1.82, 2.24) is 10.2 Å². The number of halogens is 3. The van der Waals surface area contributed by atoms with Gasteiger partial charge in [-0.05, 0) is 67.1 Å². The van der Waals surface area contributed by atoms with Crippen molar-refractivity contribution in [3.63, 3.8) is 0 Å². The smallest absolute Gasteiger partial charge is 0.243 e. The summed E-state index contributed by atoms with van der Waals surface area (Å²) in [5, 5.41) is 4.50. The van der Waals surface area contributed by atoms with Crippen molar-refractivity contribution >= 4 is 62.3 Å². The first-order valence-corrected chi connectivity index (χ1v) is 17.7. The number of hydrogen-bond acceptors (Lipinski definition) is 4. The molecule has 0 aromatic heterocycles. The van der Waals surface area contributed by atoms with Gasteiger partial charge in [-0.25, -0.2) is 8.42 Å². The van der Waals surface area contributed by atoms with E-state index in [1.54, 1.807) is 48.2 Å². The minimum Gasteiger partial charge on any atom is -0.352 e. The van der Waals surface area contributed by atoms with Crippen LogP contribution in [0.15, 0.2) is 66.7 Å². The third-order valence-corrected chi connectivity index (χ3v) is 10.2. The first-order chi connectivity index (χ1) is 20.9. The topological polar surface area (TPSA) is 86.8 Å². The number of sulfonamides is 1. The van der Waals surface area contributed by atoms with E-state index in [0.29, 0.717) is 38.3 Å². The summed E-state index contributed by atoms with van der Waals surface area (Å²) in [5.41, 5.74) is 2.67. The van der Waals surface area contributed by atoms with Crippen LogP contribution < -0.4 is 9.62 Å². The van der Waals surface area contributed by atoms with Crippen LogP contribution in [-0.4, -0.2) is 50.0 Å². The molecule has 1 aliphatic carbocycles. The summed E-state index contributed by atoms with van der Waals surface area (Å²) < 4.78 is 26.8. The number of nitrogens with zero attached hydrogens (tertiary/aromatic N) is 2. The van der Waals surface area contributed by atoms with Crippen LogP contribution in [0.3, 0.4) is 0 Å². The molecule has 11 heteroatoms. The number of amides is 2. The summed E-state index contributed by atoms with van der Waals surface area (Å²) in [7, 11) is -3.66.